The predicted octanol–water partition coefficient (Wildman–Crippen LogP) is 3.08. The lowest BCUT2D eigenvalue weighted by Crippen LogP contribution is -2.22. The highest BCUT2D eigenvalue weighted by Gasteiger charge is 2.05. The Kier molecular flexibility index (Phi) is 4.90. The predicted molar refractivity (Wildman–Crippen MR) is 83.3 cm³/mol. The molecule has 0 unspecified atom stereocenters. The van der Waals surface area contributed by atoms with Crippen molar-refractivity contribution >= 4 is 29.3 Å². The van der Waals surface area contributed by atoms with Crippen LogP contribution in [0.15, 0.2) is 42.5 Å². The molecule has 0 aliphatic rings. The zero-order valence-corrected chi connectivity index (χ0v) is 12.3. The molecule has 0 aliphatic carbocycles. The monoisotopic (exact) mass is 301 g/mol. The molecule has 108 valence electrons. The molecule has 0 bridgehead atoms. The van der Waals surface area contributed by atoms with Crippen LogP contribution in [0.3, 0.4) is 0 Å². The third-order valence-electron chi connectivity index (χ3n) is 2.81. The lowest BCUT2D eigenvalue weighted by molar-refractivity contribution is -0.131. The second kappa shape index (κ2) is 6.85. The number of hydrogen-bond donors (Lipinski definition) is 2. The molecule has 2 aromatic rings. The average molecular weight is 301 g/mol. The Hall–Kier alpha value is -2.40. The summed E-state index contributed by atoms with van der Waals surface area (Å²) < 4.78 is 0. The van der Waals surface area contributed by atoms with Crippen LogP contribution in [0.4, 0.5) is 0 Å². The average Bonchev–Trinajstić information content (AvgIpc) is 2.89. The van der Waals surface area contributed by atoms with Gasteiger partial charge in [-0.3, -0.25) is 4.79 Å². The first-order valence-electron chi connectivity index (χ1n) is 6.39. The molecule has 0 spiro atoms. The van der Waals surface area contributed by atoms with Crippen molar-refractivity contribution in [3.8, 4) is 0 Å². The Labute approximate surface area is 126 Å². The number of amides is 1. The smallest absolute Gasteiger partial charge is 0.328 e. The van der Waals surface area contributed by atoms with E-state index in [0.29, 0.717) is 12.1 Å². The molecule has 1 heterocycles. The molecule has 5 heteroatoms. The highest BCUT2D eigenvalue weighted by Crippen LogP contribution is 2.14. The SMILES string of the molecule is Cc1ccc(CNC(=O)c2ccc(C=CC(=O)O)cc2)s1. The van der Waals surface area contributed by atoms with Crippen molar-refractivity contribution in [2.24, 2.45) is 0 Å². The number of nitrogens with one attached hydrogen (secondary N) is 1. The number of carbonyl (C=O) groups excluding carboxylic acids is 1. The van der Waals surface area contributed by atoms with Gasteiger partial charge >= 0.3 is 5.97 Å². The minimum atomic E-state index is -0.997. The van der Waals surface area contributed by atoms with E-state index in [4.69, 9.17) is 5.11 Å². The molecule has 0 radical (unpaired) electrons. The Morgan fingerprint density at radius 3 is 2.48 bits per heavy atom. The van der Waals surface area contributed by atoms with Gasteiger partial charge in [0.25, 0.3) is 5.91 Å². The van der Waals surface area contributed by atoms with E-state index in [0.717, 1.165) is 16.5 Å². The van der Waals surface area contributed by atoms with E-state index in [1.54, 1.807) is 35.6 Å². The molecule has 1 aromatic carbocycles. The highest BCUT2D eigenvalue weighted by atomic mass is 32.1. The molecular formula is C16H15NO3S. The van der Waals surface area contributed by atoms with Crippen LogP contribution < -0.4 is 5.32 Å². The number of aryl methyl sites for hydroxylation is 1. The van der Waals surface area contributed by atoms with Crippen molar-refractivity contribution in [1.82, 2.24) is 5.32 Å². The van der Waals surface area contributed by atoms with Gasteiger partial charge in [0.2, 0.25) is 0 Å². The van der Waals surface area contributed by atoms with Crippen molar-refractivity contribution in [1.29, 1.82) is 0 Å². The number of rotatable bonds is 5. The quantitative estimate of drug-likeness (QED) is 0.834. The van der Waals surface area contributed by atoms with Crippen molar-refractivity contribution in [3.63, 3.8) is 0 Å². The summed E-state index contributed by atoms with van der Waals surface area (Å²) in [4.78, 5) is 24.7. The molecule has 0 saturated carbocycles. The molecule has 0 fully saturated rings. The number of thiophene rings is 1. The zero-order valence-electron chi connectivity index (χ0n) is 11.5. The third kappa shape index (κ3) is 4.57. The Morgan fingerprint density at radius 1 is 1.19 bits per heavy atom. The number of carboxylic acids is 1. The lowest BCUT2D eigenvalue weighted by Gasteiger charge is -2.04. The summed E-state index contributed by atoms with van der Waals surface area (Å²) in [6, 6.07) is 10.8. The number of hydrogen-bond acceptors (Lipinski definition) is 3. The third-order valence-corrected chi connectivity index (χ3v) is 3.81. The van der Waals surface area contributed by atoms with Crippen LogP contribution in [-0.2, 0) is 11.3 Å². The topological polar surface area (TPSA) is 66.4 Å². The fraction of sp³-hybridized carbons (Fsp3) is 0.125. The normalized spacial score (nSPS) is 10.7. The number of benzene rings is 1. The van der Waals surface area contributed by atoms with Gasteiger partial charge in [-0.1, -0.05) is 12.1 Å². The second-order valence-electron chi connectivity index (χ2n) is 4.49. The summed E-state index contributed by atoms with van der Waals surface area (Å²) in [6.07, 6.45) is 2.55. The van der Waals surface area contributed by atoms with Crippen molar-refractivity contribution in [3.05, 3.63) is 63.4 Å². The molecular weight excluding hydrogens is 286 g/mol. The molecule has 2 rings (SSSR count). The van der Waals surface area contributed by atoms with Gasteiger partial charge < -0.3 is 10.4 Å². The van der Waals surface area contributed by atoms with E-state index in [1.165, 1.54) is 11.0 Å². The number of carbonyl (C=O) groups is 2. The number of carboxylic acid groups (broad SMARTS) is 1. The van der Waals surface area contributed by atoms with Gasteiger partial charge in [-0.25, -0.2) is 4.79 Å². The summed E-state index contributed by atoms with van der Waals surface area (Å²) in [7, 11) is 0. The molecule has 0 aliphatic heterocycles. The van der Waals surface area contributed by atoms with Crippen LogP contribution in [0.25, 0.3) is 6.08 Å². The second-order valence-corrected chi connectivity index (χ2v) is 5.86. The maximum atomic E-state index is 12.0. The lowest BCUT2D eigenvalue weighted by atomic mass is 10.1. The van der Waals surface area contributed by atoms with Crippen molar-refractivity contribution in [2.75, 3.05) is 0 Å². The van der Waals surface area contributed by atoms with Crippen LogP contribution in [0.5, 0.6) is 0 Å². The molecule has 2 N–H and O–H groups in total. The minimum absolute atomic E-state index is 0.144. The molecule has 1 aromatic heterocycles. The van der Waals surface area contributed by atoms with E-state index in [1.807, 2.05) is 19.1 Å². The Morgan fingerprint density at radius 2 is 1.90 bits per heavy atom. The summed E-state index contributed by atoms with van der Waals surface area (Å²) in [6.45, 7) is 2.54. The van der Waals surface area contributed by atoms with E-state index in [9.17, 15) is 9.59 Å². The molecule has 0 atom stereocenters. The van der Waals surface area contributed by atoms with Crippen LogP contribution in [0.2, 0.25) is 0 Å². The van der Waals surface area contributed by atoms with Gasteiger partial charge in [0.05, 0.1) is 6.54 Å². The summed E-state index contributed by atoms with van der Waals surface area (Å²) in [5.74, 6) is -1.14. The largest absolute Gasteiger partial charge is 0.478 e. The fourth-order valence-corrected chi connectivity index (χ4v) is 2.59. The van der Waals surface area contributed by atoms with Gasteiger partial charge in [0.1, 0.15) is 0 Å². The molecule has 21 heavy (non-hydrogen) atoms. The minimum Gasteiger partial charge on any atom is -0.478 e. The van der Waals surface area contributed by atoms with Gasteiger partial charge in [-0.05, 0) is 42.8 Å². The summed E-state index contributed by atoms with van der Waals surface area (Å²) in [5, 5.41) is 11.4. The first-order valence-corrected chi connectivity index (χ1v) is 7.21. The van der Waals surface area contributed by atoms with Crippen molar-refractivity contribution < 1.29 is 14.7 Å². The van der Waals surface area contributed by atoms with E-state index in [-0.39, 0.29) is 5.91 Å². The molecule has 0 saturated heterocycles. The van der Waals surface area contributed by atoms with Crippen LogP contribution in [0.1, 0.15) is 25.7 Å². The van der Waals surface area contributed by atoms with Gasteiger partial charge in [0, 0.05) is 21.4 Å². The van der Waals surface area contributed by atoms with Crippen molar-refractivity contribution in [2.45, 2.75) is 13.5 Å². The first kappa shape index (κ1) is 15.0. The van der Waals surface area contributed by atoms with Gasteiger partial charge in [-0.15, -0.1) is 11.3 Å². The van der Waals surface area contributed by atoms with E-state index in [2.05, 4.69) is 5.32 Å². The Balaban J connectivity index is 1.95. The van der Waals surface area contributed by atoms with E-state index >= 15 is 0 Å². The van der Waals surface area contributed by atoms with Gasteiger partial charge in [0.15, 0.2) is 0 Å². The van der Waals surface area contributed by atoms with Gasteiger partial charge in [-0.2, -0.15) is 0 Å². The maximum Gasteiger partial charge on any atom is 0.328 e. The zero-order chi connectivity index (χ0) is 15.2. The molecule has 4 nitrogen and oxygen atoms in total. The number of aliphatic carboxylic acids is 1. The van der Waals surface area contributed by atoms with Crippen LogP contribution in [0, 0.1) is 6.92 Å². The van der Waals surface area contributed by atoms with Crippen LogP contribution in [-0.4, -0.2) is 17.0 Å². The summed E-state index contributed by atoms with van der Waals surface area (Å²) in [5.41, 5.74) is 1.29. The standard InChI is InChI=1S/C16H15NO3S/c1-11-2-8-14(21-11)10-17-16(20)13-6-3-12(4-7-13)5-9-15(18)19/h2-9H,10H2,1H3,(H,17,20)(H,18,19). The summed E-state index contributed by atoms with van der Waals surface area (Å²) >= 11 is 1.66. The fourth-order valence-electron chi connectivity index (χ4n) is 1.76. The highest BCUT2D eigenvalue weighted by molar-refractivity contribution is 7.11. The Bertz CT molecular complexity index is 671. The first-order chi connectivity index (χ1) is 10.0. The maximum absolute atomic E-state index is 12.0. The van der Waals surface area contributed by atoms with E-state index < -0.39 is 5.97 Å². The van der Waals surface area contributed by atoms with Crippen LogP contribution >= 0.6 is 11.3 Å². The molecule has 1 amide bonds.